The molecule has 0 amide bonds. The molecule has 3 nitrogen and oxygen atoms in total. The van der Waals surface area contributed by atoms with E-state index >= 15 is 0 Å². The van der Waals surface area contributed by atoms with Crippen LogP contribution in [0.25, 0.3) is 0 Å². The number of nitrogens with zero attached hydrogens (tertiary/aromatic N) is 1. The molecule has 1 aliphatic heterocycles. The van der Waals surface area contributed by atoms with E-state index in [1.165, 1.54) is 29.8 Å². The fourth-order valence-corrected chi connectivity index (χ4v) is 3.86. The van der Waals surface area contributed by atoms with Crippen LogP contribution >= 0.6 is 11.3 Å². The van der Waals surface area contributed by atoms with Crippen LogP contribution in [-0.2, 0) is 12.8 Å². The maximum Gasteiger partial charge on any atom is 0.123 e. The van der Waals surface area contributed by atoms with E-state index in [1.54, 1.807) is 11.3 Å². The third-order valence-electron chi connectivity index (χ3n) is 3.59. The van der Waals surface area contributed by atoms with E-state index in [1.807, 2.05) is 0 Å². The van der Waals surface area contributed by atoms with Crippen LogP contribution in [0.5, 0.6) is 0 Å². The molecule has 1 fully saturated rings. The fraction of sp³-hybridized carbons (Fsp3) is 0.750. The smallest absolute Gasteiger partial charge is 0.123 e. The normalized spacial score (nSPS) is 26.7. The highest BCUT2D eigenvalue weighted by Crippen LogP contribution is 2.32. The van der Waals surface area contributed by atoms with E-state index in [9.17, 15) is 5.11 Å². The molecule has 0 aromatic carbocycles. The van der Waals surface area contributed by atoms with Gasteiger partial charge in [-0.05, 0) is 45.1 Å². The highest BCUT2D eigenvalue weighted by Gasteiger charge is 2.27. The van der Waals surface area contributed by atoms with Gasteiger partial charge in [0.05, 0.1) is 5.69 Å². The summed E-state index contributed by atoms with van der Waals surface area (Å²) >= 11 is 1.73. The summed E-state index contributed by atoms with van der Waals surface area (Å²) in [7, 11) is 0. The van der Waals surface area contributed by atoms with Crippen LogP contribution in [0.4, 0.5) is 0 Å². The molecular weight excluding hydrogens is 220 g/mol. The van der Waals surface area contributed by atoms with Crippen LogP contribution < -0.4 is 5.32 Å². The quantitative estimate of drug-likeness (QED) is 0.826. The highest BCUT2D eigenvalue weighted by atomic mass is 32.1. The van der Waals surface area contributed by atoms with E-state index in [0.29, 0.717) is 0 Å². The first-order chi connectivity index (χ1) is 7.84. The van der Waals surface area contributed by atoms with E-state index < -0.39 is 6.10 Å². The maximum absolute atomic E-state index is 10.3. The predicted molar refractivity (Wildman–Crippen MR) is 64.7 cm³/mol. The molecule has 2 atom stereocenters. The van der Waals surface area contributed by atoms with Gasteiger partial charge in [0.1, 0.15) is 11.1 Å². The van der Waals surface area contributed by atoms with Crippen molar-refractivity contribution in [2.24, 2.45) is 0 Å². The lowest BCUT2D eigenvalue weighted by Crippen LogP contribution is -2.28. The van der Waals surface area contributed by atoms with Crippen molar-refractivity contribution in [3.63, 3.8) is 0 Å². The first-order valence-corrected chi connectivity index (χ1v) is 7.06. The molecule has 88 valence electrons. The summed E-state index contributed by atoms with van der Waals surface area (Å²) in [6.07, 6.45) is 6.67. The van der Waals surface area contributed by atoms with Crippen LogP contribution in [0.1, 0.15) is 47.4 Å². The Morgan fingerprint density at radius 2 is 2.19 bits per heavy atom. The molecule has 3 rings (SSSR count). The van der Waals surface area contributed by atoms with Gasteiger partial charge in [0.25, 0.3) is 0 Å². The molecule has 4 heteroatoms. The summed E-state index contributed by atoms with van der Waals surface area (Å²) in [6.45, 7) is 1.03. The van der Waals surface area contributed by atoms with Crippen molar-refractivity contribution in [2.45, 2.75) is 50.7 Å². The predicted octanol–water partition coefficient (Wildman–Crippen LogP) is 1.81. The van der Waals surface area contributed by atoms with Crippen molar-refractivity contribution in [1.29, 1.82) is 0 Å². The molecule has 0 spiro atoms. The maximum atomic E-state index is 10.3. The molecule has 1 aromatic heterocycles. The lowest BCUT2D eigenvalue weighted by atomic mass is 10.0. The largest absolute Gasteiger partial charge is 0.384 e. The topological polar surface area (TPSA) is 45.2 Å². The third-order valence-corrected chi connectivity index (χ3v) is 4.82. The summed E-state index contributed by atoms with van der Waals surface area (Å²) in [5, 5.41) is 14.5. The van der Waals surface area contributed by atoms with Gasteiger partial charge < -0.3 is 10.4 Å². The highest BCUT2D eigenvalue weighted by molar-refractivity contribution is 7.11. The summed E-state index contributed by atoms with van der Waals surface area (Å²) < 4.78 is 0. The van der Waals surface area contributed by atoms with E-state index in [0.717, 1.165) is 30.8 Å². The number of thiazole rings is 1. The molecule has 0 bridgehead atoms. The van der Waals surface area contributed by atoms with Crippen LogP contribution in [-0.4, -0.2) is 22.7 Å². The van der Waals surface area contributed by atoms with Crippen molar-refractivity contribution < 1.29 is 5.11 Å². The summed E-state index contributed by atoms with van der Waals surface area (Å²) in [6, 6.07) is 0.229. The number of aryl methyl sites for hydroxylation is 2. The Kier molecular flexibility index (Phi) is 2.96. The number of aromatic nitrogens is 1. The molecule has 2 heterocycles. The fourth-order valence-electron chi connectivity index (χ4n) is 2.65. The van der Waals surface area contributed by atoms with E-state index in [2.05, 4.69) is 10.3 Å². The standard InChI is InChI=1S/C12H18N2OS/c15-11(9-5-3-7-13-9)12-14-8-4-1-2-6-10(8)16-12/h9,11,13,15H,1-7H2. The van der Waals surface area contributed by atoms with Gasteiger partial charge >= 0.3 is 0 Å². The monoisotopic (exact) mass is 238 g/mol. The number of aliphatic hydroxyl groups is 1. The second-order valence-electron chi connectivity index (χ2n) is 4.78. The van der Waals surface area contributed by atoms with Crippen molar-refractivity contribution >= 4 is 11.3 Å². The molecule has 0 radical (unpaired) electrons. The Morgan fingerprint density at radius 3 is 2.94 bits per heavy atom. The number of rotatable bonds is 2. The molecule has 1 saturated heterocycles. The van der Waals surface area contributed by atoms with Crippen LogP contribution in [0, 0.1) is 0 Å². The summed E-state index contributed by atoms with van der Waals surface area (Å²) in [5.41, 5.74) is 1.25. The third kappa shape index (κ3) is 1.90. The van der Waals surface area contributed by atoms with Gasteiger partial charge in [-0.25, -0.2) is 4.98 Å². The van der Waals surface area contributed by atoms with Gasteiger partial charge in [0.2, 0.25) is 0 Å². The minimum Gasteiger partial charge on any atom is -0.384 e. The number of hydrogen-bond acceptors (Lipinski definition) is 4. The zero-order valence-corrected chi connectivity index (χ0v) is 10.2. The molecule has 1 aliphatic carbocycles. The van der Waals surface area contributed by atoms with Crippen molar-refractivity contribution in [2.75, 3.05) is 6.54 Å². The van der Waals surface area contributed by atoms with Crippen LogP contribution in [0.3, 0.4) is 0 Å². The lowest BCUT2D eigenvalue weighted by Gasteiger charge is -2.15. The van der Waals surface area contributed by atoms with Crippen LogP contribution in [0.2, 0.25) is 0 Å². The first kappa shape index (κ1) is 10.7. The second kappa shape index (κ2) is 4.43. The summed E-state index contributed by atoms with van der Waals surface area (Å²) in [5.74, 6) is 0. The number of aliphatic hydroxyl groups excluding tert-OH is 1. The Labute approximate surface area is 99.9 Å². The van der Waals surface area contributed by atoms with Crippen molar-refractivity contribution in [1.82, 2.24) is 10.3 Å². The second-order valence-corrected chi connectivity index (χ2v) is 5.89. The van der Waals surface area contributed by atoms with Crippen molar-refractivity contribution in [3.8, 4) is 0 Å². The van der Waals surface area contributed by atoms with Crippen molar-refractivity contribution in [3.05, 3.63) is 15.6 Å². The zero-order valence-electron chi connectivity index (χ0n) is 9.41. The van der Waals surface area contributed by atoms with Gasteiger partial charge in [0.15, 0.2) is 0 Å². The van der Waals surface area contributed by atoms with Gasteiger partial charge in [0, 0.05) is 10.9 Å². The Morgan fingerprint density at radius 1 is 1.31 bits per heavy atom. The van der Waals surface area contributed by atoms with Gasteiger partial charge in [-0.2, -0.15) is 0 Å². The number of hydrogen-bond donors (Lipinski definition) is 2. The molecule has 2 N–H and O–H groups in total. The van der Waals surface area contributed by atoms with E-state index in [-0.39, 0.29) is 6.04 Å². The van der Waals surface area contributed by atoms with Gasteiger partial charge in [-0.3, -0.25) is 0 Å². The van der Waals surface area contributed by atoms with Crippen LogP contribution in [0.15, 0.2) is 0 Å². The molecule has 16 heavy (non-hydrogen) atoms. The minimum atomic E-state index is -0.391. The Bertz CT molecular complexity index is 348. The summed E-state index contributed by atoms with van der Waals surface area (Å²) in [4.78, 5) is 6.04. The number of nitrogens with one attached hydrogen (secondary N) is 1. The first-order valence-electron chi connectivity index (χ1n) is 6.24. The molecular formula is C12H18N2OS. The molecule has 1 aromatic rings. The van der Waals surface area contributed by atoms with E-state index in [4.69, 9.17) is 0 Å². The minimum absolute atomic E-state index is 0.229. The number of fused-ring (bicyclic) bond motifs is 1. The molecule has 2 unspecified atom stereocenters. The van der Waals surface area contributed by atoms with Gasteiger partial charge in [-0.1, -0.05) is 0 Å². The average Bonchev–Trinajstić information content (AvgIpc) is 2.97. The molecule has 2 aliphatic rings. The Hall–Kier alpha value is -0.450. The van der Waals surface area contributed by atoms with Gasteiger partial charge in [-0.15, -0.1) is 11.3 Å². The SMILES string of the molecule is OC(c1nc2c(s1)CCCC2)C1CCCN1. The average molecular weight is 238 g/mol. The molecule has 0 saturated carbocycles. The zero-order chi connectivity index (χ0) is 11.0. The Balaban J connectivity index is 1.80. The lowest BCUT2D eigenvalue weighted by molar-refractivity contribution is 0.137.